The largest absolute Gasteiger partial charge is 0.493 e. The number of nitrogens with zero attached hydrogens (tertiary/aromatic N) is 3. The van der Waals surface area contributed by atoms with Crippen molar-refractivity contribution in [3.63, 3.8) is 0 Å². The van der Waals surface area contributed by atoms with Crippen LogP contribution in [0.15, 0.2) is 88.9 Å². The summed E-state index contributed by atoms with van der Waals surface area (Å²) in [6.45, 7) is 4.95. The minimum absolute atomic E-state index is 0.258. The number of anilines is 4. The number of rotatable bonds is 13. The van der Waals surface area contributed by atoms with Crippen LogP contribution >= 0.6 is 0 Å². The Morgan fingerprint density at radius 2 is 1.66 bits per heavy atom. The van der Waals surface area contributed by atoms with E-state index in [1.54, 1.807) is 37.4 Å². The fourth-order valence-electron chi connectivity index (χ4n) is 3.93. The lowest BCUT2D eigenvalue weighted by Gasteiger charge is -2.13. The molecule has 4 rings (SSSR count). The Bertz CT molecular complexity index is 1590. The predicted molar refractivity (Wildman–Crippen MR) is 163 cm³/mol. The highest BCUT2D eigenvalue weighted by molar-refractivity contribution is 7.90. The molecule has 0 bridgehead atoms. The molecule has 214 valence electrons. The van der Waals surface area contributed by atoms with Gasteiger partial charge in [-0.15, -0.1) is 0 Å². The Kier molecular flexibility index (Phi) is 9.75. The summed E-state index contributed by atoms with van der Waals surface area (Å²) in [6, 6.07) is 23.9. The number of hydrazone groups is 1. The molecule has 0 aliphatic carbocycles. The molecular weight excluding hydrogens is 540 g/mol. The summed E-state index contributed by atoms with van der Waals surface area (Å²) in [6.07, 6.45) is 1.92. The van der Waals surface area contributed by atoms with Crippen molar-refractivity contribution in [3.8, 4) is 11.5 Å². The van der Waals surface area contributed by atoms with E-state index in [0.717, 1.165) is 29.0 Å². The van der Waals surface area contributed by atoms with Crippen LogP contribution in [-0.4, -0.2) is 50.6 Å². The lowest BCUT2D eigenvalue weighted by Crippen LogP contribution is -2.10. The minimum Gasteiger partial charge on any atom is -0.493 e. The van der Waals surface area contributed by atoms with Gasteiger partial charge in [-0.2, -0.15) is 15.1 Å². The molecule has 0 saturated heterocycles. The average Bonchev–Trinajstić information content (AvgIpc) is 2.96. The molecule has 0 aliphatic heterocycles. The van der Waals surface area contributed by atoms with E-state index in [0.29, 0.717) is 42.2 Å². The molecule has 0 unspecified atom stereocenters. The molecule has 3 N–H and O–H groups in total. The summed E-state index contributed by atoms with van der Waals surface area (Å²) < 4.78 is 34.6. The van der Waals surface area contributed by atoms with Crippen LogP contribution in [0.25, 0.3) is 0 Å². The molecule has 0 aliphatic rings. The zero-order chi connectivity index (χ0) is 29.2. The third-order valence-corrected chi connectivity index (χ3v) is 7.17. The lowest BCUT2D eigenvalue weighted by atomic mass is 10.1. The van der Waals surface area contributed by atoms with E-state index in [1.165, 1.54) is 6.26 Å². The highest BCUT2D eigenvalue weighted by atomic mass is 32.2. The van der Waals surface area contributed by atoms with Gasteiger partial charge in [0, 0.05) is 24.6 Å². The Labute approximate surface area is 240 Å². The second kappa shape index (κ2) is 13.6. The first kappa shape index (κ1) is 29.3. The van der Waals surface area contributed by atoms with Crippen molar-refractivity contribution in [1.29, 1.82) is 0 Å². The van der Waals surface area contributed by atoms with Crippen molar-refractivity contribution in [1.82, 2.24) is 9.97 Å². The SMILES string of the molecule is CCOc1cc(CCNc2cc(NN=C(C)c3ccc(S(C)(=O)=O)cc3)nc(Nc3ccccc3)n2)ccc1OC. The molecular formula is C30H34N6O4S. The number of hydrogen-bond acceptors (Lipinski definition) is 10. The number of benzene rings is 3. The van der Waals surface area contributed by atoms with Crippen molar-refractivity contribution in [3.05, 3.63) is 90.0 Å². The zero-order valence-electron chi connectivity index (χ0n) is 23.5. The van der Waals surface area contributed by atoms with Gasteiger partial charge in [-0.1, -0.05) is 36.4 Å². The van der Waals surface area contributed by atoms with Crippen molar-refractivity contribution in [2.24, 2.45) is 5.10 Å². The van der Waals surface area contributed by atoms with Crippen molar-refractivity contribution in [2.45, 2.75) is 25.2 Å². The van der Waals surface area contributed by atoms with Crippen LogP contribution in [0.4, 0.5) is 23.3 Å². The van der Waals surface area contributed by atoms with Gasteiger partial charge in [0.1, 0.15) is 5.82 Å². The number of aromatic nitrogens is 2. The van der Waals surface area contributed by atoms with Gasteiger partial charge in [-0.05, 0) is 67.8 Å². The van der Waals surface area contributed by atoms with Crippen LogP contribution in [0.5, 0.6) is 11.5 Å². The van der Waals surface area contributed by atoms with Gasteiger partial charge in [0.15, 0.2) is 27.2 Å². The molecule has 0 atom stereocenters. The van der Waals surface area contributed by atoms with Gasteiger partial charge in [-0.3, -0.25) is 5.43 Å². The van der Waals surface area contributed by atoms with Crippen molar-refractivity contribution >= 4 is 38.8 Å². The number of methoxy groups -OCH3 is 1. The molecule has 1 heterocycles. The Morgan fingerprint density at radius 1 is 0.927 bits per heavy atom. The van der Waals surface area contributed by atoms with Crippen LogP contribution < -0.4 is 25.5 Å². The number of nitrogens with one attached hydrogen (secondary N) is 3. The average molecular weight is 575 g/mol. The second-order valence-electron chi connectivity index (χ2n) is 9.15. The van der Waals surface area contributed by atoms with Gasteiger partial charge in [0.05, 0.1) is 24.3 Å². The van der Waals surface area contributed by atoms with Gasteiger partial charge >= 0.3 is 0 Å². The van der Waals surface area contributed by atoms with Crippen LogP contribution in [0, 0.1) is 0 Å². The number of para-hydroxylation sites is 1. The van der Waals surface area contributed by atoms with Gasteiger partial charge < -0.3 is 20.1 Å². The van der Waals surface area contributed by atoms with Crippen LogP contribution in [0.3, 0.4) is 0 Å². The van der Waals surface area contributed by atoms with Gasteiger partial charge in [0.2, 0.25) is 5.95 Å². The summed E-state index contributed by atoms with van der Waals surface area (Å²) in [4.78, 5) is 9.46. The van der Waals surface area contributed by atoms with E-state index in [4.69, 9.17) is 9.47 Å². The van der Waals surface area contributed by atoms with Gasteiger partial charge in [-0.25, -0.2) is 8.42 Å². The zero-order valence-corrected chi connectivity index (χ0v) is 24.3. The fourth-order valence-corrected chi connectivity index (χ4v) is 4.56. The Hall–Kier alpha value is -4.64. The quantitative estimate of drug-likeness (QED) is 0.140. The number of hydrogen-bond donors (Lipinski definition) is 3. The molecule has 10 nitrogen and oxygen atoms in total. The van der Waals surface area contributed by atoms with E-state index in [2.05, 4.69) is 31.1 Å². The first-order chi connectivity index (χ1) is 19.7. The molecule has 0 saturated carbocycles. The smallest absolute Gasteiger partial charge is 0.231 e. The molecule has 3 aromatic carbocycles. The van der Waals surface area contributed by atoms with E-state index < -0.39 is 9.84 Å². The molecule has 4 aromatic rings. The maximum atomic E-state index is 11.8. The monoisotopic (exact) mass is 574 g/mol. The number of ether oxygens (including phenoxy) is 2. The highest BCUT2D eigenvalue weighted by Crippen LogP contribution is 2.28. The molecule has 11 heteroatoms. The Morgan fingerprint density at radius 3 is 2.34 bits per heavy atom. The third-order valence-electron chi connectivity index (χ3n) is 6.04. The van der Waals surface area contributed by atoms with Crippen molar-refractivity contribution in [2.75, 3.05) is 42.6 Å². The topological polar surface area (TPSA) is 127 Å². The molecule has 0 spiro atoms. The normalized spacial score (nSPS) is 11.6. The maximum absolute atomic E-state index is 11.8. The lowest BCUT2D eigenvalue weighted by molar-refractivity contribution is 0.310. The molecule has 1 aromatic heterocycles. The second-order valence-corrected chi connectivity index (χ2v) is 11.2. The minimum atomic E-state index is -3.27. The summed E-state index contributed by atoms with van der Waals surface area (Å²) in [5, 5.41) is 11.1. The first-order valence-corrected chi connectivity index (χ1v) is 15.0. The molecule has 0 amide bonds. The molecule has 0 fully saturated rings. The summed E-state index contributed by atoms with van der Waals surface area (Å²) >= 11 is 0. The fraction of sp³-hybridized carbons (Fsp3) is 0.233. The van der Waals surface area contributed by atoms with E-state index >= 15 is 0 Å². The first-order valence-electron chi connectivity index (χ1n) is 13.1. The standard InChI is InChI=1S/C30H34N6O4S/c1-5-40-27-19-22(11-16-26(27)39-3)17-18-31-28-20-29(34-30(33-28)32-24-9-7-6-8-10-24)36-35-21(2)23-12-14-25(15-13-23)41(4,37)38/h6-16,19-20H,5,17-18H2,1-4H3,(H3,31,32,33,34,36). The van der Waals surface area contributed by atoms with Crippen molar-refractivity contribution < 1.29 is 17.9 Å². The Balaban J connectivity index is 1.50. The van der Waals surface area contributed by atoms with E-state index in [-0.39, 0.29) is 4.90 Å². The third kappa shape index (κ3) is 8.42. The van der Waals surface area contributed by atoms with Crippen LogP contribution in [0.1, 0.15) is 25.0 Å². The number of sulfone groups is 1. The summed E-state index contributed by atoms with van der Waals surface area (Å²) in [5.74, 6) is 2.92. The van der Waals surface area contributed by atoms with E-state index in [1.807, 2.05) is 62.4 Å². The predicted octanol–water partition coefficient (Wildman–Crippen LogP) is 5.52. The van der Waals surface area contributed by atoms with Crippen LogP contribution in [-0.2, 0) is 16.3 Å². The highest BCUT2D eigenvalue weighted by Gasteiger charge is 2.09. The molecule has 0 radical (unpaired) electrons. The summed E-state index contributed by atoms with van der Waals surface area (Å²) in [5.41, 5.74) is 6.40. The van der Waals surface area contributed by atoms with E-state index in [9.17, 15) is 8.42 Å². The van der Waals surface area contributed by atoms with Gasteiger partial charge in [0.25, 0.3) is 0 Å². The summed E-state index contributed by atoms with van der Waals surface area (Å²) in [7, 11) is -1.64. The van der Waals surface area contributed by atoms with Crippen LogP contribution in [0.2, 0.25) is 0 Å². The molecule has 41 heavy (non-hydrogen) atoms. The maximum Gasteiger partial charge on any atom is 0.231 e.